The van der Waals surface area contributed by atoms with Gasteiger partial charge in [-0.05, 0) is 81.0 Å². The molecule has 0 amide bonds. The zero-order valence-corrected chi connectivity index (χ0v) is 24.0. The lowest BCUT2D eigenvalue weighted by atomic mass is 9.89. The van der Waals surface area contributed by atoms with Gasteiger partial charge in [0.05, 0.1) is 23.0 Å². The van der Waals surface area contributed by atoms with Gasteiger partial charge in [0, 0.05) is 62.9 Å². The first-order valence-electron chi connectivity index (χ1n) is 14.3. The van der Waals surface area contributed by atoms with Crippen molar-refractivity contribution in [3.63, 3.8) is 0 Å². The summed E-state index contributed by atoms with van der Waals surface area (Å²) < 4.78 is 0. The Labute approximate surface area is 229 Å². The van der Waals surface area contributed by atoms with Crippen molar-refractivity contribution in [2.45, 2.75) is 92.1 Å². The van der Waals surface area contributed by atoms with Gasteiger partial charge >= 0.3 is 0 Å². The molecule has 0 saturated carbocycles. The van der Waals surface area contributed by atoms with Crippen molar-refractivity contribution in [3.8, 4) is 0 Å². The number of nitrogens with zero attached hydrogens (tertiary/aromatic N) is 2. The number of Topliss-reactive ketones (excluding diaryl/α,β-unsaturated/α-hetero) is 1. The standard InChI is InChI=1S/C33H38N4O2/c1-8-10-21-16(4)24-12-25-17(5)30(19(7)38)28(35-25)14-23-15(3)20(9-2)27(34-23)13-26-18(6)31-29(39)11-22(32(21)36-24)33(31)37-26/h12-15,19-20,35,37-38H,8-11H2,1-7H3/t15-,19?,20-/m1/s1. The van der Waals surface area contributed by atoms with Crippen molar-refractivity contribution in [3.05, 3.63) is 68.8 Å². The monoisotopic (exact) mass is 522 g/mol. The van der Waals surface area contributed by atoms with E-state index in [2.05, 4.69) is 62.8 Å². The number of nitrogens with one attached hydrogen (secondary N) is 2. The zero-order valence-electron chi connectivity index (χ0n) is 24.0. The van der Waals surface area contributed by atoms with Crippen LogP contribution in [0.25, 0.3) is 33.2 Å². The number of aliphatic hydroxyl groups excluding tert-OH is 1. The number of H-pyrrole nitrogens is 2. The molecular formula is C33H38N4O2. The molecule has 3 aromatic heterocycles. The van der Waals surface area contributed by atoms with Crippen LogP contribution in [-0.2, 0) is 6.42 Å². The molecule has 6 nitrogen and oxygen atoms in total. The Morgan fingerprint density at radius 3 is 2.41 bits per heavy atom. The molecule has 3 N–H and O–H groups in total. The van der Waals surface area contributed by atoms with E-state index >= 15 is 0 Å². The highest BCUT2D eigenvalue weighted by Gasteiger charge is 2.32. The van der Waals surface area contributed by atoms with Crippen molar-refractivity contribution < 1.29 is 9.90 Å². The molecule has 1 unspecified atom stereocenters. The van der Waals surface area contributed by atoms with Crippen LogP contribution in [0.4, 0.5) is 0 Å². The fraction of sp³-hybridized carbons (Fsp3) is 0.424. The maximum atomic E-state index is 13.4. The minimum Gasteiger partial charge on any atom is -0.389 e. The number of hydrogen-bond acceptors (Lipinski definition) is 4. The van der Waals surface area contributed by atoms with Crippen molar-refractivity contribution >= 4 is 39.0 Å². The van der Waals surface area contributed by atoms with Gasteiger partial charge in [0.15, 0.2) is 5.78 Å². The number of rotatable bonds is 4. The number of aliphatic hydroxyl groups is 1. The van der Waals surface area contributed by atoms with E-state index < -0.39 is 6.10 Å². The Morgan fingerprint density at radius 2 is 1.72 bits per heavy atom. The number of aromatic nitrogens is 4. The molecule has 39 heavy (non-hydrogen) atoms. The van der Waals surface area contributed by atoms with E-state index in [4.69, 9.17) is 9.97 Å². The molecule has 0 radical (unpaired) electrons. The molecule has 0 spiro atoms. The number of carbonyl (C=O) groups is 1. The van der Waals surface area contributed by atoms with Crippen LogP contribution in [0.3, 0.4) is 0 Å². The second-order valence-electron chi connectivity index (χ2n) is 11.6. The molecule has 3 aromatic rings. The summed E-state index contributed by atoms with van der Waals surface area (Å²) in [7, 11) is 0. The minimum absolute atomic E-state index is 0.156. The van der Waals surface area contributed by atoms with Gasteiger partial charge in [-0.15, -0.1) is 0 Å². The molecule has 0 saturated heterocycles. The average molecular weight is 523 g/mol. The van der Waals surface area contributed by atoms with E-state index in [0.29, 0.717) is 6.42 Å². The number of ketones is 1. The van der Waals surface area contributed by atoms with Gasteiger partial charge < -0.3 is 15.1 Å². The van der Waals surface area contributed by atoms with Gasteiger partial charge in [-0.2, -0.15) is 0 Å². The summed E-state index contributed by atoms with van der Waals surface area (Å²) in [6.07, 6.45) is 2.62. The summed E-state index contributed by atoms with van der Waals surface area (Å²) in [5.41, 5.74) is 14.7. The van der Waals surface area contributed by atoms with Crippen molar-refractivity contribution in [1.29, 1.82) is 0 Å². The van der Waals surface area contributed by atoms with Crippen LogP contribution in [0.5, 0.6) is 0 Å². The average Bonchev–Trinajstić information content (AvgIpc) is 3.63. The van der Waals surface area contributed by atoms with Crippen molar-refractivity contribution in [1.82, 2.24) is 19.9 Å². The largest absolute Gasteiger partial charge is 0.389 e. The summed E-state index contributed by atoms with van der Waals surface area (Å²) in [5, 5.41) is 10.8. The number of fused-ring (bicyclic) bond motifs is 8. The maximum absolute atomic E-state index is 13.4. The Morgan fingerprint density at radius 1 is 1.00 bits per heavy atom. The molecule has 0 fully saturated rings. The first kappa shape index (κ1) is 25.8. The van der Waals surface area contributed by atoms with E-state index in [1.807, 2.05) is 13.8 Å². The lowest BCUT2D eigenvalue weighted by Gasteiger charge is -2.13. The van der Waals surface area contributed by atoms with Crippen LogP contribution in [0.2, 0.25) is 0 Å². The molecule has 0 aromatic carbocycles. The molecule has 3 atom stereocenters. The van der Waals surface area contributed by atoms with Gasteiger partial charge in [-0.25, -0.2) is 4.98 Å². The molecule has 2 aliphatic heterocycles. The lowest BCUT2D eigenvalue weighted by Crippen LogP contribution is -2.00. The van der Waals surface area contributed by atoms with Crippen molar-refractivity contribution in [2.75, 3.05) is 0 Å². The summed E-state index contributed by atoms with van der Waals surface area (Å²) in [6, 6.07) is 6.36. The van der Waals surface area contributed by atoms with Gasteiger partial charge in [0.25, 0.3) is 0 Å². The first-order chi connectivity index (χ1) is 18.6. The van der Waals surface area contributed by atoms with Crippen molar-refractivity contribution in [2.24, 2.45) is 0 Å². The summed E-state index contributed by atoms with van der Waals surface area (Å²) in [6.45, 7) is 14.7. The second-order valence-corrected chi connectivity index (χ2v) is 11.6. The fourth-order valence-corrected chi connectivity index (χ4v) is 6.97. The third-order valence-electron chi connectivity index (χ3n) is 9.15. The van der Waals surface area contributed by atoms with E-state index in [9.17, 15) is 9.90 Å². The molecule has 202 valence electrons. The number of aryl methyl sites for hydroxylation is 2. The Hall–Kier alpha value is -3.51. The molecule has 6 rings (SSSR count). The molecule has 3 aliphatic rings. The van der Waals surface area contributed by atoms with Gasteiger partial charge in [0.2, 0.25) is 0 Å². The van der Waals surface area contributed by atoms with Crippen LogP contribution in [0, 0.1) is 13.8 Å². The van der Waals surface area contributed by atoms with E-state index in [1.165, 1.54) is 5.57 Å². The topological polar surface area (TPSA) is 94.7 Å². The number of allylic oxidation sites excluding steroid dienone is 2. The summed E-state index contributed by atoms with van der Waals surface area (Å²) >= 11 is 0. The zero-order chi connectivity index (χ0) is 27.7. The first-order valence-corrected chi connectivity index (χ1v) is 14.3. The summed E-state index contributed by atoms with van der Waals surface area (Å²) in [5.74, 6) is 0.667. The fourth-order valence-electron chi connectivity index (χ4n) is 6.97. The van der Waals surface area contributed by atoms with E-state index in [1.54, 1.807) is 0 Å². The molecule has 1 aliphatic carbocycles. The normalized spacial score (nSPS) is 19.3. The highest BCUT2D eigenvalue weighted by molar-refractivity contribution is 6.14. The quantitative estimate of drug-likeness (QED) is 0.326. The van der Waals surface area contributed by atoms with Crippen LogP contribution < -0.4 is 0 Å². The Bertz CT molecular complexity index is 1730. The highest BCUT2D eigenvalue weighted by atomic mass is 16.3. The van der Waals surface area contributed by atoms with E-state index in [-0.39, 0.29) is 17.6 Å². The van der Waals surface area contributed by atoms with Crippen LogP contribution in [-0.4, -0.2) is 30.8 Å². The van der Waals surface area contributed by atoms with Crippen LogP contribution in [0.15, 0.2) is 18.2 Å². The Balaban J connectivity index is 1.82. The third kappa shape index (κ3) is 3.83. The maximum Gasteiger partial charge on any atom is 0.169 e. The van der Waals surface area contributed by atoms with Crippen LogP contribution >= 0.6 is 0 Å². The third-order valence-corrected chi connectivity index (χ3v) is 9.15. The minimum atomic E-state index is -0.621. The molecular weight excluding hydrogens is 484 g/mol. The smallest absolute Gasteiger partial charge is 0.169 e. The van der Waals surface area contributed by atoms with Crippen LogP contribution in [0.1, 0.15) is 127 Å². The van der Waals surface area contributed by atoms with Gasteiger partial charge in [-0.1, -0.05) is 27.2 Å². The Kier molecular flexibility index (Phi) is 6.14. The lowest BCUT2D eigenvalue weighted by molar-refractivity contribution is 0.0999. The number of carbonyl (C=O) groups excluding carboxylic acids is 1. The number of hydrogen-bond donors (Lipinski definition) is 3. The number of aromatic amines is 2. The molecule has 5 heterocycles. The predicted molar refractivity (Wildman–Crippen MR) is 158 cm³/mol. The SMILES string of the molecule is CCCC1=C(C)c2cc3[nH]c(cc4nc(cc5[nH]c6c(c1n2)CC(=O)c6c5C)[C@H](CC)[C@H]4C)c(C(C)O)c3C. The molecule has 8 bridgehead atoms. The summed E-state index contributed by atoms with van der Waals surface area (Å²) in [4.78, 5) is 30.9. The van der Waals surface area contributed by atoms with E-state index in [0.717, 1.165) is 97.5 Å². The van der Waals surface area contributed by atoms with Gasteiger partial charge in [-0.3, -0.25) is 9.78 Å². The predicted octanol–water partition coefficient (Wildman–Crippen LogP) is 7.75. The highest BCUT2D eigenvalue weighted by Crippen LogP contribution is 2.42. The molecule has 6 heteroatoms. The van der Waals surface area contributed by atoms with Gasteiger partial charge in [0.1, 0.15) is 0 Å². The second kappa shape index (κ2) is 9.30.